The zero-order chi connectivity index (χ0) is 13.9. The van der Waals surface area contributed by atoms with Crippen LogP contribution >= 0.6 is 0 Å². The smallest absolute Gasteiger partial charge is 0.241 e. The van der Waals surface area contributed by atoms with E-state index in [1.807, 2.05) is 33.8 Å². The third kappa shape index (κ3) is 3.10. The molecule has 0 bridgehead atoms. The number of aryl methyl sites for hydroxylation is 2. The molecule has 0 heterocycles. The molecule has 0 atom stereocenters. The van der Waals surface area contributed by atoms with E-state index < -0.39 is 10.0 Å². The zero-order valence-electron chi connectivity index (χ0n) is 11.6. The number of benzene rings is 1. The number of rotatable bonds is 5. The second kappa shape index (κ2) is 5.82. The van der Waals surface area contributed by atoms with Crippen molar-refractivity contribution in [1.29, 1.82) is 0 Å². The first-order valence-electron chi connectivity index (χ1n) is 5.87. The fourth-order valence-electron chi connectivity index (χ4n) is 1.93. The molecule has 1 aromatic rings. The molecule has 5 heteroatoms. The third-order valence-electron chi connectivity index (χ3n) is 3.16. The van der Waals surface area contributed by atoms with Gasteiger partial charge in [0.05, 0.1) is 11.5 Å². The Kier molecular flexibility index (Phi) is 4.90. The molecular formula is C13H21NO3S. The molecule has 0 unspecified atom stereocenters. The van der Waals surface area contributed by atoms with Crippen LogP contribution in [0.15, 0.2) is 11.0 Å². The van der Waals surface area contributed by atoms with Gasteiger partial charge >= 0.3 is 0 Å². The van der Waals surface area contributed by atoms with Crippen LogP contribution in [0.4, 0.5) is 0 Å². The van der Waals surface area contributed by atoms with Crippen molar-refractivity contribution >= 4 is 10.0 Å². The molecule has 1 N–H and O–H groups in total. The van der Waals surface area contributed by atoms with E-state index >= 15 is 0 Å². The van der Waals surface area contributed by atoms with Gasteiger partial charge in [0.2, 0.25) is 10.0 Å². The highest BCUT2D eigenvalue weighted by Gasteiger charge is 2.21. The maximum atomic E-state index is 12.3. The normalized spacial score (nSPS) is 11.8. The number of ether oxygens (including phenoxy) is 1. The van der Waals surface area contributed by atoms with E-state index in [9.17, 15) is 8.42 Å². The summed E-state index contributed by atoms with van der Waals surface area (Å²) in [5, 5.41) is 0. The Morgan fingerprint density at radius 2 is 1.61 bits per heavy atom. The van der Waals surface area contributed by atoms with Crippen LogP contribution in [-0.2, 0) is 14.8 Å². The van der Waals surface area contributed by atoms with Gasteiger partial charge in [-0.2, -0.15) is 0 Å². The summed E-state index contributed by atoms with van der Waals surface area (Å²) in [5.74, 6) is 0. The van der Waals surface area contributed by atoms with Gasteiger partial charge in [0.15, 0.2) is 0 Å². The predicted octanol–water partition coefficient (Wildman–Crippen LogP) is 1.84. The van der Waals surface area contributed by atoms with Crippen LogP contribution < -0.4 is 4.72 Å². The van der Waals surface area contributed by atoms with Gasteiger partial charge in [-0.25, -0.2) is 13.1 Å². The lowest BCUT2D eigenvalue weighted by molar-refractivity contribution is 0.204. The molecule has 1 aromatic carbocycles. The van der Waals surface area contributed by atoms with E-state index in [1.165, 1.54) is 0 Å². The van der Waals surface area contributed by atoms with Crippen LogP contribution in [-0.4, -0.2) is 28.7 Å². The molecule has 18 heavy (non-hydrogen) atoms. The molecule has 0 radical (unpaired) electrons. The lowest BCUT2D eigenvalue weighted by Gasteiger charge is -2.16. The van der Waals surface area contributed by atoms with Crippen molar-refractivity contribution in [2.45, 2.75) is 32.6 Å². The monoisotopic (exact) mass is 271 g/mol. The van der Waals surface area contributed by atoms with E-state index in [2.05, 4.69) is 4.72 Å². The van der Waals surface area contributed by atoms with Crippen LogP contribution in [0.3, 0.4) is 0 Å². The Bertz CT molecular complexity index is 509. The number of sulfonamides is 1. The van der Waals surface area contributed by atoms with Crippen molar-refractivity contribution in [3.63, 3.8) is 0 Å². The minimum atomic E-state index is -3.47. The van der Waals surface area contributed by atoms with Crippen molar-refractivity contribution in [3.05, 3.63) is 28.3 Å². The Morgan fingerprint density at radius 1 is 1.11 bits per heavy atom. The maximum Gasteiger partial charge on any atom is 0.241 e. The van der Waals surface area contributed by atoms with Gasteiger partial charge in [-0.3, -0.25) is 0 Å². The molecule has 0 saturated carbocycles. The van der Waals surface area contributed by atoms with Crippen LogP contribution in [0.1, 0.15) is 22.3 Å². The topological polar surface area (TPSA) is 55.4 Å². The van der Waals surface area contributed by atoms with E-state index in [1.54, 1.807) is 7.11 Å². The van der Waals surface area contributed by atoms with Crippen molar-refractivity contribution in [2.75, 3.05) is 20.3 Å². The summed E-state index contributed by atoms with van der Waals surface area (Å²) in [6.45, 7) is 8.18. The molecule has 102 valence electrons. The lowest BCUT2D eigenvalue weighted by Crippen LogP contribution is -2.28. The molecule has 0 amide bonds. The molecule has 0 aromatic heterocycles. The quantitative estimate of drug-likeness (QED) is 0.831. The summed E-state index contributed by atoms with van der Waals surface area (Å²) >= 11 is 0. The van der Waals surface area contributed by atoms with Crippen LogP contribution in [0.25, 0.3) is 0 Å². The van der Waals surface area contributed by atoms with E-state index in [4.69, 9.17) is 4.74 Å². The van der Waals surface area contributed by atoms with Crippen molar-refractivity contribution in [2.24, 2.45) is 0 Å². The van der Waals surface area contributed by atoms with Gasteiger partial charge in [-0.05, 0) is 49.9 Å². The van der Waals surface area contributed by atoms with E-state index in [0.717, 1.165) is 22.3 Å². The standard InChI is InChI=1S/C13H21NO3S/c1-9-8-10(2)12(4)13(11(9)3)18(15,16)14-6-7-17-5/h8,14H,6-7H2,1-5H3. The molecule has 0 aliphatic rings. The fraction of sp³-hybridized carbons (Fsp3) is 0.538. The number of methoxy groups -OCH3 is 1. The van der Waals surface area contributed by atoms with Gasteiger partial charge in [0.1, 0.15) is 0 Å². The Balaban J connectivity index is 3.24. The van der Waals surface area contributed by atoms with Gasteiger partial charge < -0.3 is 4.74 Å². The van der Waals surface area contributed by atoms with Gasteiger partial charge in [0.25, 0.3) is 0 Å². The predicted molar refractivity (Wildman–Crippen MR) is 72.5 cm³/mol. The highest BCUT2D eigenvalue weighted by atomic mass is 32.2. The molecule has 0 saturated heterocycles. The SMILES string of the molecule is COCCNS(=O)(=O)c1c(C)c(C)cc(C)c1C. The first kappa shape index (κ1) is 15.1. The molecule has 0 spiro atoms. The zero-order valence-corrected chi connectivity index (χ0v) is 12.4. The molecule has 1 rings (SSSR count). The minimum absolute atomic E-state index is 0.282. The second-order valence-electron chi connectivity index (χ2n) is 4.48. The Morgan fingerprint density at radius 3 is 2.06 bits per heavy atom. The Labute approximate surface area is 109 Å². The minimum Gasteiger partial charge on any atom is -0.383 e. The van der Waals surface area contributed by atoms with Crippen LogP contribution in [0, 0.1) is 27.7 Å². The Hall–Kier alpha value is -0.910. The first-order chi connectivity index (χ1) is 8.31. The maximum absolute atomic E-state index is 12.3. The summed E-state index contributed by atoms with van der Waals surface area (Å²) in [6, 6.07) is 2.01. The van der Waals surface area contributed by atoms with Crippen LogP contribution in [0.5, 0.6) is 0 Å². The lowest BCUT2D eigenvalue weighted by atomic mass is 10.0. The van der Waals surface area contributed by atoms with Gasteiger partial charge in [-0.1, -0.05) is 6.07 Å². The van der Waals surface area contributed by atoms with Crippen molar-refractivity contribution in [1.82, 2.24) is 4.72 Å². The number of hydrogen-bond acceptors (Lipinski definition) is 3. The number of hydrogen-bond donors (Lipinski definition) is 1. The average Bonchev–Trinajstić information content (AvgIpc) is 2.26. The number of nitrogens with one attached hydrogen (secondary N) is 1. The van der Waals surface area contributed by atoms with Crippen LogP contribution in [0.2, 0.25) is 0 Å². The van der Waals surface area contributed by atoms with Crippen molar-refractivity contribution < 1.29 is 13.2 Å². The van der Waals surface area contributed by atoms with Gasteiger partial charge in [0, 0.05) is 13.7 Å². The van der Waals surface area contributed by atoms with Crippen molar-refractivity contribution in [3.8, 4) is 0 Å². The molecule has 4 nitrogen and oxygen atoms in total. The summed E-state index contributed by atoms with van der Waals surface area (Å²) < 4.78 is 32.0. The molecule has 0 aliphatic carbocycles. The molecule has 0 fully saturated rings. The van der Waals surface area contributed by atoms with Gasteiger partial charge in [-0.15, -0.1) is 0 Å². The largest absolute Gasteiger partial charge is 0.383 e. The highest BCUT2D eigenvalue weighted by molar-refractivity contribution is 7.89. The second-order valence-corrected chi connectivity index (χ2v) is 6.18. The molecule has 0 aliphatic heterocycles. The van der Waals surface area contributed by atoms with E-state index in [0.29, 0.717) is 11.5 Å². The highest BCUT2D eigenvalue weighted by Crippen LogP contribution is 2.25. The third-order valence-corrected chi connectivity index (χ3v) is 4.90. The summed E-state index contributed by atoms with van der Waals surface area (Å²) in [5.41, 5.74) is 3.60. The van der Waals surface area contributed by atoms with E-state index in [-0.39, 0.29) is 6.54 Å². The summed E-state index contributed by atoms with van der Waals surface area (Å²) in [6.07, 6.45) is 0. The summed E-state index contributed by atoms with van der Waals surface area (Å²) in [4.78, 5) is 0.399. The fourth-order valence-corrected chi connectivity index (χ4v) is 3.56. The average molecular weight is 271 g/mol. The molecular weight excluding hydrogens is 250 g/mol. The summed E-state index contributed by atoms with van der Waals surface area (Å²) in [7, 11) is -1.93. The first-order valence-corrected chi connectivity index (χ1v) is 7.35.